The molecule has 41 heavy (non-hydrogen) atoms. The lowest BCUT2D eigenvalue weighted by Crippen LogP contribution is -2.75. The molecule has 0 radical (unpaired) electrons. The molecule has 226 valence electrons. The van der Waals surface area contributed by atoms with Crippen molar-refractivity contribution >= 4 is 64.0 Å². The first-order valence-corrected chi connectivity index (χ1v) is 14.9. The summed E-state index contributed by atoms with van der Waals surface area (Å²) in [5.41, 5.74) is -2.26. The minimum Gasteiger partial charge on any atom is -0.461 e. The Morgan fingerprint density at radius 3 is 1.98 bits per heavy atom. The normalized spacial score (nSPS) is 43.4. The van der Waals surface area contributed by atoms with E-state index in [-0.39, 0.29) is 6.42 Å². The largest absolute Gasteiger partial charge is 0.461 e. The van der Waals surface area contributed by atoms with Gasteiger partial charge in [-0.05, 0) is 12.5 Å². The van der Waals surface area contributed by atoms with Gasteiger partial charge in [-0.25, -0.2) is 0 Å². The summed E-state index contributed by atoms with van der Waals surface area (Å²) in [6.07, 6.45) is -6.59. The molecule has 1 aliphatic carbocycles. The van der Waals surface area contributed by atoms with E-state index in [2.05, 4.69) is 35.7 Å². The van der Waals surface area contributed by atoms with Crippen molar-refractivity contribution in [3.05, 3.63) is 24.3 Å². The van der Waals surface area contributed by atoms with Crippen LogP contribution in [0, 0.1) is 17.3 Å². The first kappa shape index (κ1) is 31.7. The summed E-state index contributed by atoms with van der Waals surface area (Å²) in [6, 6.07) is 0. The number of alkyl halides is 2. The molecule has 0 aromatic carbocycles. The van der Waals surface area contributed by atoms with Crippen molar-refractivity contribution in [2.45, 2.75) is 99.5 Å². The number of hydrogen-bond acceptors (Lipinski definition) is 11. The molecule has 0 aromatic heterocycles. The molecule has 3 aliphatic heterocycles. The Kier molecular flexibility index (Phi) is 8.63. The van der Waals surface area contributed by atoms with E-state index in [9.17, 15) is 24.0 Å². The number of ether oxygens (including phenoxy) is 6. The van der Waals surface area contributed by atoms with Gasteiger partial charge < -0.3 is 28.4 Å². The number of carbonyl (C=O) groups excluding carboxylic acids is 5. The van der Waals surface area contributed by atoms with Crippen LogP contribution in [0.25, 0.3) is 0 Å². The Morgan fingerprint density at radius 2 is 1.44 bits per heavy atom. The number of hydrogen-bond donors (Lipinski definition) is 0. The van der Waals surface area contributed by atoms with Crippen molar-refractivity contribution in [1.29, 1.82) is 0 Å². The summed E-state index contributed by atoms with van der Waals surface area (Å²) in [6.45, 7) is 16.6. The number of esters is 5. The lowest BCUT2D eigenvalue weighted by molar-refractivity contribution is -0.274. The second-order valence-electron chi connectivity index (χ2n) is 11.3. The van der Waals surface area contributed by atoms with Crippen molar-refractivity contribution in [3.8, 4) is 0 Å². The molecule has 11 nitrogen and oxygen atoms in total. The Balaban J connectivity index is 2.09. The molecule has 4 rings (SSSR count). The Bertz CT molecular complexity index is 1200. The fourth-order valence-corrected chi connectivity index (χ4v) is 9.06. The van der Waals surface area contributed by atoms with Crippen molar-refractivity contribution in [3.63, 3.8) is 0 Å². The molecule has 0 amide bonds. The van der Waals surface area contributed by atoms with E-state index in [1.165, 1.54) is 27.7 Å². The maximum atomic E-state index is 13.2. The highest BCUT2D eigenvalue weighted by atomic mass is 127. The summed E-state index contributed by atoms with van der Waals surface area (Å²) < 4.78 is 35.4. The molecule has 0 unspecified atom stereocenters. The first-order valence-electron chi connectivity index (χ1n) is 13.2. The summed E-state index contributed by atoms with van der Waals surface area (Å²) in [5.74, 6) is -5.17. The molecule has 0 aromatic rings. The van der Waals surface area contributed by atoms with Crippen molar-refractivity contribution in [2.24, 2.45) is 17.3 Å². The number of carbonyl (C=O) groups is 5. The topological polar surface area (TPSA) is 141 Å². The van der Waals surface area contributed by atoms with Crippen LogP contribution in [0.5, 0.6) is 0 Å². The zero-order chi connectivity index (χ0) is 30.8. The van der Waals surface area contributed by atoms with E-state index < -0.39 is 98.6 Å². The summed E-state index contributed by atoms with van der Waals surface area (Å²) >= 11 is 8.98. The number of rotatable bonds is 4. The minimum absolute atomic E-state index is 0.0125. The fraction of sp³-hybridized carbons (Fsp3) is 0.679. The third-order valence-corrected chi connectivity index (χ3v) is 10.5. The first-order chi connectivity index (χ1) is 19.0. The van der Waals surface area contributed by atoms with Gasteiger partial charge in [-0.1, -0.05) is 48.2 Å². The molecule has 2 bridgehead atoms. The smallest absolute Gasteiger partial charge is 0.312 e. The summed E-state index contributed by atoms with van der Waals surface area (Å²) in [7, 11) is 0. The second-order valence-corrected chi connectivity index (χ2v) is 13.2. The lowest BCUT2D eigenvalue weighted by Gasteiger charge is -2.62. The molecular formula is C28H34ClIO11. The third-order valence-electron chi connectivity index (χ3n) is 8.69. The standard InChI is InChI=1S/C28H34ClIO11/c1-10-9-17(36-13(4)31)22(37-14(5)32)27(8)18(10)23(38-15(6)33)28-12(3)26(35)40-24(28)19(29)11(2)21(41-28)20(30)25(27)39-16(7)34/h12,17-25H,1-2,9H2,3-8H3/t12-,17-,18+,19-,20+,21+,22-,23-,24-,25-,27+,28+/m0/s1. The Labute approximate surface area is 256 Å². The predicted octanol–water partition coefficient (Wildman–Crippen LogP) is 2.98. The van der Waals surface area contributed by atoms with Crippen LogP contribution in [0.4, 0.5) is 0 Å². The van der Waals surface area contributed by atoms with E-state index in [0.717, 1.165) is 0 Å². The molecule has 12 atom stereocenters. The third kappa shape index (κ3) is 4.97. The zero-order valence-electron chi connectivity index (χ0n) is 23.6. The highest BCUT2D eigenvalue weighted by Crippen LogP contribution is 2.62. The van der Waals surface area contributed by atoms with Gasteiger partial charge in [0.25, 0.3) is 0 Å². The summed E-state index contributed by atoms with van der Waals surface area (Å²) in [4.78, 5) is 63.2. The minimum atomic E-state index is -1.62. The highest BCUT2D eigenvalue weighted by molar-refractivity contribution is 14.1. The van der Waals surface area contributed by atoms with Gasteiger partial charge in [-0.3, -0.25) is 24.0 Å². The van der Waals surface area contributed by atoms with Crippen LogP contribution < -0.4 is 0 Å². The van der Waals surface area contributed by atoms with Crippen LogP contribution in [0.15, 0.2) is 24.3 Å². The average molecular weight is 709 g/mol. The van der Waals surface area contributed by atoms with Crippen LogP contribution in [0.3, 0.4) is 0 Å². The summed E-state index contributed by atoms with van der Waals surface area (Å²) in [5, 5.41) is -0.935. The maximum Gasteiger partial charge on any atom is 0.312 e. The lowest BCUT2D eigenvalue weighted by atomic mass is 9.53. The molecule has 1 spiro atoms. The highest BCUT2D eigenvalue weighted by Gasteiger charge is 2.76. The van der Waals surface area contributed by atoms with Gasteiger partial charge in [0.2, 0.25) is 0 Å². The Morgan fingerprint density at radius 1 is 0.927 bits per heavy atom. The van der Waals surface area contributed by atoms with Crippen LogP contribution in [0.1, 0.15) is 48.0 Å². The van der Waals surface area contributed by atoms with Crippen LogP contribution >= 0.6 is 34.2 Å². The molecule has 3 heterocycles. The van der Waals surface area contributed by atoms with Crippen molar-refractivity contribution in [1.82, 2.24) is 0 Å². The van der Waals surface area contributed by atoms with Crippen LogP contribution in [-0.2, 0) is 52.4 Å². The average Bonchev–Trinajstić information content (AvgIpc) is 3.10. The van der Waals surface area contributed by atoms with E-state index in [1.807, 2.05) is 0 Å². The maximum absolute atomic E-state index is 13.2. The van der Waals surface area contributed by atoms with E-state index in [0.29, 0.717) is 11.1 Å². The van der Waals surface area contributed by atoms with Gasteiger partial charge in [0.1, 0.15) is 24.4 Å². The van der Waals surface area contributed by atoms with Crippen LogP contribution in [-0.4, -0.2) is 81.4 Å². The molecule has 4 aliphatic rings. The molecule has 3 saturated heterocycles. The molecule has 0 N–H and O–H groups in total. The van der Waals surface area contributed by atoms with Gasteiger partial charge in [-0.2, -0.15) is 0 Å². The number of fused-ring (bicyclic) bond motifs is 2. The van der Waals surface area contributed by atoms with E-state index >= 15 is 0 Å². The van der Waals surface area contributed by atoms with Gasteiger partial charge in [0.05, 0.1) is 26.7 Å². The number of halogens is 2. The second kappa shape index (κ2) is 11.1. The zero-order valence-corrected chi connectivity index (χ0v) is 26.6. The molecule has 13 heteroatoms. The molecule has 4 fully saturated rings. The van der Waals surface area contributed by atoms with Crippen LogP contribution in [0.2, 0.25) is 0 Å². The molecule has 1 saturated carbocycles. The SMILES string of the molecule is C=C1C[C@H](OC(C)=O)[C@H](OC(C)=O)[C@@]2(C)[C@H]1[C@H](OC(C)=O)[C@@]13O[C@H](C(=C)[C@H](Cl)[C@@H]1OC(=O)[C@@H]3C)[C@@H](I)[C@@H]2OC(C)=O. The van der Waals surface area contributed by atoms with Crippen molar-refractivity contribution in [2.75, 3.05) is 0 Å². The Hall–Kier alpha value is -2.19. The van der Waals surface area contributed by atoms with E-state index in [1.54, 1.807) is 13.8 Å². The van der Waals surface area contributed by atoms with Gasteiger partial charge in [-0.15, -0.1) is 11.6 Å². The quantitative estimate of drug-likeness (QED) is 0.140. The monoisotopic (exact) mass is 708 g/mol. The van der Waals surface area contributed by atoms with Crippen molar-refractivity contribution < 1.29 is 52.4 Å². The fourth-order valence-electron chi connectivity index (χ4n) is 7.16. The molecular weight excluding hydrogens is 675 g/mol. The van der Waals surface area contributed by atoms with Gasteiger partial charge in [0.15, 0.2) is 11.7 Å². The van der Waals surface area contributed by atoms with Gasteiger partial charge in [0, 0.05) is 40.0 Å². The van der Waals surface area contributed by atoms with Gasteiger partial charge >= 0.3 is 29.8 Å². The predicted molar refractivity (Wildman–Crippen MR) is 151 cm³/mol. The van der Waals surface area contributed by atoms with E-state index in [4.69, 9.17) is 40.0 Å².